The van der Waals surface area contributed by atoms with Crippen LogP contribution in [0.2, 0.25) is 6.32 Å². The normalized spacial score (nSPS) is 33.5. The van der Waals surface area contributed by atoms with Gasteiger partial charge in [0.05, 0.1) is 5.54 Å². The molecule has 2 heterocycles. The van der Waals surface area contributed by atoms with E-state index in [0.717, 1.165) is 26.1 Å². The fourth-order valence-corrected chi connectivity index (χ4v) is 3.79. The van der Waals surface area contributed by atoms with Crippen molar-refractivity contribution in [3.05, 3.63) is 0 Å². The average Bonchev–Trinajstić information content (AvgIpc) is 2.77. The van der Waals surface area contributed by atoms with Crippen molar-refractivity contribution in [3.8, 4) is 0 Å². The van der Waals surface area contributed by atoms with E-state index < -0.39 is 18.9 Å². The van der Waals surface area contributed by atoms with Crippen LogP contribution in [-0.2, 0) is 0 Å². The van der Waals surface area contributed by atoms with Crippen LogP contribution in [0.3, 0.4) is 0 Å². The minimum Gasteiger partial charge on any atom is -0.427 e. The molecule has 22 heavy (non-hydrogen) atoms. The van der Waals surface area contributed by atoms with Gasteiger partial charge in [0.25, 0.3) is 0 Å². The molecule has 0 aromatic rings. The number of nitrogens with zero attached hydrogens (tertiary/aromatic N) is 1. The van der Waals surface area contributed by atoms with E-state index >= 15 is 0 Å². The van der Waals surface area contributed by atoms with Crippen molar-refractivity contribution in [2.75, 3.05) is 26.2 Å². The monoisotopic (exact) mass is 315 g/mol. The lowest BCUT2D eigenvalue weighted by Gasteiger charge is -2.32. The predicted molar refractivity (Wildman–Crippen MR) is 84.9 cm³/mol. The van der Waals surface area contributed by atoms with E-state index in [0.29, 0.717) is 25.4 Å². The van der Waals surface area contributed by atoms with Crippen LogP contribution in [0, 0.1) is 5.92 Å². The molecule has 8 heteroatoms. The van der Waals surface area contributed by atoms with Gasteiger partial charge in [-0.05, 0) is 38.0 Å². The molecule has 0 aliphatic carbocycles. The molecule has 0 bridgehead atoms. The third-order valence-electron chi connectivity index (χ3n) is 5.12. The second-order valence-corrected chi connectivity index (χ2v) is 6.94. The lowest BCUT2D eigenvalue weighted by molar-refractivity contribution is -0.105. The van der Waals surface area contributed by atoms with E-state index in [9.17, 15) is 10.2 Å². The van der Waals surface area contributed by atoms with Gasteiger partial charge in [-0.3, -0.25) is 4.90 Å². The summed E-state index contributed by atoms with van der Waals surface area (Å²) >= 11 is 0. The highest BCUT2D eigenvalue weighted by Gasteiger charge is 2.48. The summed E-state index contributed by atoms with van der Waals surface area (Å²) in [6.07, 6.45) is 3.62. The van der Waals surface area contributed by atoms with Crippen LogP contribution in [0.1, 0.15) is 32.1 Å². The number of aliphatic hydroxyl groups is 2. The summed E-state index contributed by atoms with van der Waals surface area (Å²) in [5.41, 5.74) is 5.24. The van der Waals surface area contributed by atoms with Crippen molar-refractivity contribution in [2.24, 2.45) is 11.7 Å². The molecule has 2 aliphatic rings. The topological polar surface area (TPSA) is 122 Å². The number of likely N-dealkylation sites (tertiary alicyclic amines) is 1. The first kappa shape index (κ1) is 18.1. The molecule has 128 valence electrons. The van der Waals surface area contributed by atoms with Gasteiger partial charge < -0.3 is 31.3 Å². The molecule has 0 aromatic heterocycles. The van der Waals surface area contributed by atoms with Crippen LogP contribution in [0.25, 0.3) is 0 Å². The Morgan fingerprint density at radius 1 is 1.32 bits per heavy atom. The molecule has 0 aromatic carbocycles. The maximum atomic E-state index is 9.70. The Morgan fingerprint density at radius 2 is 2.09 bits per heavy atom. The molecule has 2 aliphatic heterocycles. The second kappa shape index (κ2) is 8.05. The summed E-state index contributed by atoms with van der Waals surface area (Å²) in [5, 5.41) is 40.8. The first-order chi connectivity index (χ1) is 10.4. The Labute approximate surface area is 132 Å². The number of nitrogens with one attached hydrogen (secondary N) is 1. The van der Waals surface area contributed by atoms with Gasteiger partial charge in [0, 0.05) is 25.7 Å². The van der Waals surface area contributed by atoms with Gasteiger partial charge in [-0.15, -0.1) is 0 Å². The summed E-state index contributed by atoms with van der Waals surface area (Å²) in [5.74, 6) is -0.0464. The van der Waals surface area contributed by atoms with Crippen molar-refractivity contribution >= 4 is 7.12 Å². The van der Waals surface area contributed by atoms with Crippen molar-refractivity contribution in [1.29, 1.82) is 0 Å². The third-order valence-corrected chi connectivity index (χ3v) is 5.12. The van der Waals surface area contributed by atoms with Gasteiger partial charge in [0.2, 0.25) is 0 Å². The molecular weight excluding hydrogens is 285 g/mol. The Kier molecular flexibility index (Phi) is 6.64. The fourth-order valence-electron chi connectivity index (χ4n) is 3.79. The predicted octanol–water partition coefficient (Wildman–Crippen LogP) is -1.68. The molecule has 0 saturated carbocycles. The first-order valence-corrected chi connectivity index (χ1v) is 8.38. The quantitative estimate of drug-likeness (QED) is 0.245. The first-order valence-electron chi connectivity index (χ1n) is 8.38. The smallest absolute Gasteiger partial charge is 0.427 e. The van der Waals surface area contributed by atoms with Crippen LogP contribution >= 0.6 is 0 Å². The lowest BCUT2D eigenvalue weighted by Crippen LogP contribution is -2.57. The average molecular weight is 315 g/mol. The minimum atomic E-state index is -1.55. The number of hydrogen-bond acceptors (Lipinski definition) is 7. The van der Waals surface area contributed by atoms with E-state index in [2.05, 4.69) is 10.2 Å². The molecule has 0 spiro atoms. The van der Waals surface area contributed by atoms with Gasteiger partial charge in [-0.25, -0.2) is 0 Å². The highest BCUT2D eigenvalue weighted by molar-refractivity contribution is 6.40. The molecular formula is C14H30BN3O4. The van der Waals surface area contributed by atoms with Crippen molar-refractivity contribution in [1.82, 2.24) is 10.2 Å². The largest absolute Gasteiger partial charge is 0.451 e. The van der Waals surface area contributed by atoms with Crippen LogP contribution in [-0.4, -0.2) is 76.3 Å². The van der Waals surface area contributed by atoms with E-state index in [1.165, 1.54) is 12.8 Å². The number of rotatable bonds is 7. The summed E-state index contributed by atoms with van der Waals surface area (Å²) in [7, 11) is -1.31. The van der Waals surface area contributed by atoms with E-state index in [1.807, 2.05) is 0 Å². The number of nitrogens with two attached hydrogens (primary N) is 1. The SMILES string of the molecule is N[C@@]1(C(O)O)CN(CC2CCCCN2)CC1CCCB(O)O. The highest BCUT2D eigenvalue weighted by atomic mass is 16.5. The minimum absolute atomic E-state index is 0.0464. The van der Waals surface area contributed by atoms with Crippen molar-refractivity contribution < 1.29 is 20.3 Å². The molecule has 2 fully saturated rings. The van der Waals surface area contributed by atoms with E-state index in [4.69, 9.17) is 15.8 Å². The molecule has 2 unspecified atom stereocenters. The standard InChI is InChI=1S/C14H30BN3O4/c16-14(13(19)20)10-18(9-12-5-1-2-7-17-12)8-11(14)4-3-6-15(21)22/h11-13,17,19-22H,1-10,16H2/t11?,12?,14-/m0/s1. The maximum absolute atomic E-state index is 9.70. The van der Waals surface area contributed by atoms with Gasteiger partial charge in [0.1, 0.15) is 0 Å². The molecule has 7 nitrogen and oxygen atoms in total. The molecule has 7 N–H and O–H groups in total. The summed E-state index contributed by atoms with van der Waals surface area (Å²) in [6.45, 7) is 3.13. The van der Waals surface area contributed by atoms with Crippen LogP contribution in [0.4, 0.5) is 0 Å². The fraction of sp³-hybridized carbons (Fsp3) is 1.00. The van der Waals surface area contributed by atoms with Crippen LogP contribution in [0.15, 0.2) is 0 Å². The molecule has 2 saturated heterocycles. The molecule has 3 atom stereocenters. The summed E-state index contributed by atoms with van der Waals surface area (Å²) in [4.78, 5) is 2.21. The summed E-state index contributed by atoms with van der Waals surface area (Å²) in [6, 6.07) is 0.451. The zero-order valence-corrected chi connectivity index (χ0v) is 13.2. The number of aliphatic hydroxyl groups excluding tert-OH is 1. The number of piperidine rings is 1. The number of hydrogen-bond donors (Lipinski definition) is 6. The Bertz CT molecular complexity index is 342. The zero-order valence-electron chi connectivity index (χ0n) is 13.2. The zero-order chi connectivity index (χ0) is 16.2. The van der Waals surface area contributed by atoms with Crippen LogP contribution in [0.5, 0.6) is 0 Å². The van der Waals surface area contributed by atoms with Gasteiger partial charge in [-0.1, -0.05) is 12.8 Å². The lowest BCUT2D eigenvalue weighted by atomic mass is 9.78. The Hall–Kier alpha value is -0.215. The summed E-state index contributed by atoms with van der Waals surface area (Å²) < 4.78 is 0. The Morgan fingerprint density at radius 3 is 2.68 bits per heavy atom. The van der Waals surface area contributed by atoms with Gasteiger partial charge in [0.15, 0.2) is 6.29 Å². The second-order valence-electron chi connectivity index (χ2n) is 6.94. The molecule has 2 rings (SSSR count). The maximum Gasteiger partial charge on any atom is 0.451 e. The van der Waals surface area contributed by atoms with Crippen molar-refractivity contribution in [3.63, 3.8) is 0 Å². The van der Waals surface area contributed by atoms with Gasteiger partial charge >= 0.3 is 7.12 Å². The molecule has 0 amide bonds. The van der Waals surface area contributed by atoms with Gasteiger partial charge in [-0.2, -0.15) is 0 Å². The third kappa shape index (κ3) is 4.64. The highest BCUT2D eigenvalue weighted by Crippen LogP contribution is 2.32. The Balaban J connectivity index is 1.89. The van der Waals surface area contributed by atoms with Crippen LogP contribution < -0.4 is 11.1 Å². The van der Waals surface area contributed by atoms with E-state index in [-0.39, 0.29) is 12.2 Å². The molecule has 0 radical (unpaired) electrons. The van der Waals surface area contributed by atoms with Crippen molar-refractivity contribution in [2.45, 2.75) is 56.3 Å². The van der Waals surface area contributed by atoms with E-state index in [1.54, 1.807) is 0 Å².